The fourth-order valence-corrected chi connectivity index (χ4v) is 1.46. The molecule has 1 aliphatic heterocycles. The number of hydrogen-bond acceptors (Lipinski definition) is 9. The van der Waals surface area contributed by atoms with Crippen LogP contribution in [0.3, 0.4) is 0 Å². The molecule has 0 saturated carbocycles. The van der Waals surface area contributed by atoms with Gasteiger partial charge in [-0.2, -0.15) is 5.23 Å². The Kier molecular flexibility index (Phi) is 4.84. The quantitative estimate of drug-likeness (QED) is 0.483. The number of hydroxylamine groups is 2. The number of rotatable bonds is 4. The summed E-state index contributed by atoms with van der Waals surface area (Å²) in [7, 11) is 3.25. The number of carbonyl (C=O) groups is 3. The summed E-state index contributed by atoms with van der Waals surface area (Å²) in [5.41, 5.74) is -0.166. The van der Waals surface area contributed by atoms with Crippen molar-refractivity contribution in [3.63, 3.8) is 0 Å². The normalized spacial score (nSPS) is 18.8. The maximum atomic E-state index is 11.5. The van der Waals surface area contributed by atoms with E-state index in [1.54, 1.807) is 0 Å². The van der Waals surface area contributed by atoms with Crippen LogP contribution < -0.4 is 0 Å². The second kappa shape index (κ2) is 6.16. The molecule has 0 radical (unpaired) electrons. The van der Waals surface area contributed by atoms with Gasteiger partial charge in [-0.15, -0.1) is 0 Å². The Bertz CT molecular complexity index is 429. The fourth-order valence-electron chi connectivity index (χ4n) is 1.46. The summed E-state index contributed by atoms with van der Waals surface area (Å²) in [5, 5.41) is 11.3. The summed E-state index contributed by atoms with van der Waals surface area (Å²) >= 11 is 0. The molecular formula is C10H12NO8-. The second-order valence-corrected chi connectivity index (χ2v) is 3.40. The van der Waals surface area contributed by atoms with E-state index in [9.17, 15) is 19.6 Å². The zero-order chi connectivity index (χ0) is 14.6. The lowest BCUT2D eigenvalue weighted by atomic mass is 10.0. The van der Waals surface area contributed by atoms with Crippen LogP contribution in [0.4, 0.5) is 0 Å². The summed E-state index contributed by atoms with van der Waals surface area (Å²) in [6.45, 7) is 0. The van der Waals surface area contributed by atoms with E-state index < -0.39 is 36.1 Å². The molecule has 0 aliphatic carbocycles. The van der Waals surface area contributed by atoms with Gasteiger partial charge < -0.3 is 24.3 Å². The number of ether oxygens (including phenoxy) is 3. The lowest BCUT2D eigenvalue weighted by Crippen LogP contribution is -2.35. The van der Waals surface area contributed by atoms with Crippen LogP contribution >= 0.6 is 0 Å². The van der Waals surface area contributed by atoms with E-state index >= 15 is 0 Å². The zero-order valence-corrected chi connectivity index (χ0v) is 10.5. The minimum absolute atomic E-state index is 0.129. The first kappa shape index (κ1) is 14.9. The van der Waals surface area contributed by atoms with Gasteiger partial charge in [-0.25, -0.2) is 9.59 Å². The molecule has 0 spiro atoms. The van der Waals surface area contributed by atoms with Crippen LogP contribution in [0.25, 0.3) is 0 Å². The molecule has 1 rings (SSSR count). The van der Waals surface area contributed by atoms with Crippen LogP contribution in [0.15, 0.2) is 11.3 Å². The molecule has 1 atom stereocenters. The minimum atomic E-state index is -1.54. The Hall–Kier alpha value is -2.13. The standard InChI is InChI=1S/C10H12NO8/c1-16-6(12)4-5-7(9(13)17-2)11(15)19-8(5)10(14)18-3/h7H,4H2,1-3H3/q-1. The minimum Gasteiger partial charge on any atom is -0.752 e. The van der Waals surface area contributed by atoms with Gasteiger partial charge in [0, 0.05) is 5.57 Å². The van der Waals surface area contributed by atoms with E-state index in [1.807, 2.05) is 0 Å². The Labute approximate surface area is 108 Å². The molecule has 106 valence electrons. The third-order valence-electron chi connectivity index (χ3n) is 2.37. The van der Waals surface area contributed by atoms with Crippen LogP contribution in [-0.2, 0) is 33.4 Å². The molecule has 0 N–H and O–H groups in total. The summed E-state index contributed by atoms with van der Waals surface area (Å²) in [6, 6.07) is -1.54. The highest BCUT2D eigenvalue weighted by Gasteiger charge is 2.40. The Morgan fingerprint density at radius 2 is 1.84 bits per heavy atom. The van der Waals surface area contributed by atoms with E-state index in [-0.39, 0.29) is 10.8 Å². The average Bonchev–Trinajstić information content (AvgIpc) is 2.73. The summed E-state index contributed by atoms with van der Waals surface area (Å²) in [4.78, 5) is 38.7. The van der Waals surface area contributed by atoms with Crippen molar-refractivity contribution < 1.29 is 33.4 Å². The molecule has 0 aromatic carbocycles. The van der Waals surface area contributed by atoms with Crippen molar-refractivity contribution in [3.05, 3.63) is 16.5 Å². The third kappa shape index (κ3) is 3.01. The van der Waals surface area contributed by atoms with Crippen LogP contribution in [0.1, 0.15) is 6.42 Å². The molecule has 0 aromatic rings. The molecule has 1 heterocycles. The molecule has 9 heteroatoms. The molecule has 1 aliphatic rings. The van der Waals surface area contributed by atoms with E-state index in [4.69, 9.17) is 0 Å². The predicted octanol–water partition coefficient (Wildman–Crippen LogP) is -0.737. The largest absolute Gasteiger partial charge is 0.752 e. The van der Waals surface area contributed by atoms with Gasteiger partial charge in [0.25, 0.3) is 0 Å². The highest BCUT2D eigenvalue weighted by molar-refractivity contribution is 5.93. The first-order valence-corrected chi connectivity index (χ1v) is 5.06. The van der Waals surface area contributed by atoms with Gasteiger partial charge in [-0.05, 0) is 0 Å². The Morgan fingerprint density at radius 1 is 1.21 bits per heavy atom. The monoisotopic (exact) mass is 274 g/mol. The molecule has 0 saturated heterocycles. The van der Waals surface area contributed by atoms with Crippen LogP contribution in [-0.4, -0.2) is 50.5 Å². The number of carbonyl (C=O) groups excluding carboxylic acids is 3. The predicted molar refractivity (Wildman–Crippen MR) is 57.8 cm³/mol. The molecule has 9 nitrogen and oxygen atoms in total. The van der Waals surface area contributed by atoms with Crippen molar-refractivity contribution in [1.29, 1.82) is 0 Å². The van der Waals surface area contributed by atoms with E-state index in [2.05, 4.69) is 19.0 Å². The number of methoxy groups -OCH3 is 3. The first-order chi connectivity index (χ1) is 8.96. The van der Waals surface area contributed by atoms with Crippen LogP contribution in [0.2, 0.25) is 0 Å². The van der Waals surface area contributed by atoms with Crippen molar-refractivity contribution in [2.75, 3.05) is 21.3 Å². The van der Waals surface area contributed by atoms with Gasteiger partial charge in [0.1, 0.15) is 0 Å². The van der Waals surface area contributed by atoms with Crippen molar-refractivity contribution in [2.45, 2.75) is 12.5 Å². The second-order valence-electron chi connectivity index (χ2n) is 3.40. The molecule has 1 unspecified atom stereocenters. The van der Waals surface area contributed by atoms with Crippen LogP contribution in [0, 0.1) is 5.21 Å². The van der Waals surface area contributed by atoms with E-state index in [0.717, 1.165) is 21.3 Å². The molecule has 0 aromatic heterocycles. The van der Waals surface area contributed by atoms with Crippen molar-refractivity contribution >= 4 is 17.9 Å². The van der Waals surface area contributed by atoms with Gasteiger partial charge in [0.05, 0.1) is 27.8 Å². The maximum absolute atomic E-state index is 11.5. The number of hydrogen-bond donors (Lipinski definition) is 0. The molecule has 0 fully saturated rings. The van der Waals surface area contributed by atoms with E-state index in [1.165, 1.54) is 0 Å². The topological polar surface area (TPSA) is 114 Å². The lowest BCUT2D eigenvalue weighted by Gasteiger charge is -2.26. The average molecular weight is 274 g/mol. The third-order valence-corrected chi connectivity index (χ3v) is 2.37. The molecule has 19 heavy (non-hydrogen) atoms. The summed E-state index contributed by atoms with van der Waals surface area (Å²) in [6.07, 6.45) is -0.473. The molecule has 0 bridgehead atoms. The van der Waals surface area contributed by atoms with Crippen molar-refractivity contribution in [2.24, 2.45) is 0 Å². The van der Waals surface area contributed by atoms with Crippen LogP contribution in [0.5, 0.6) is 0 Å². The van der Waals surface area contributed by atoms with Gasteiger partial charge in [-0.1, -0.05) is 0 Å². The van der Waals surface area contributed by atoms with Gasteiger partial charge in [0.15, 0.2) is 6.04 Å². The molecule has 0 amide bonds. The Morgan fingerprint density at radius 3 is 2.32 bits per heavy atom. The maximum Gasteiger partial charge on any atom is 0.375 e. The highest BCUT2D eigenvalue weighted by atomic mass is 16.9. The van der Waals surface area contributed by atoms with Gasteiger partial charge >= 0.3 is 17.9 Å². The summed E-state index contributed by atoms with van der Waals surface area (Å²) in [5.74, 6) is -3.21. The number of esters is 3. The van der Waals surface area contributed by atoms with Crippen molar-refractivity contribution in [3.8, 4) is 0 Å². The van der Waals surface area contributed by atoms with E-state index in [0.29, 0.717) is 0 Å². The Balaban J connectivity index is 3.15. The smallest absolute Gasteiger partial charge is 0.375 e. The SMILES string of the molecule is COC(=O)CC1=C(C(=O)OC)ON([O-])C1C(=O)OC. The zero-order valence-electron chi connectivity index (χ0n) is 10.5. The fraction of sp³-hybridized carbons (Fsp3) is 0.500. The molecular weight excluding hydrogens is 262 g/mol. The van der Waals surface area contributed by atoms with Crippen molar-refractivity contribution in [1.82, 2.24) is 5.23 Å². The summed E-state index contributed by atoms with van der Waals surface area (Å²) < 4.78 is 13.2. The first-order valence-electron chi connectivity index (χ1n) is 5.06. The number of nitrogens with zero attached hydrogens (tertiary/aromatic N) is 1. The van der Waals surface area contributed by atoms with Gasteiger partial charge in [0.2, 0.25) is 5.76 Å². The van der Waals surface area contributed by atoms with Gasteiger partial charge in [-0.3, -0.25) is 4.79 Å². The lowest BCUT2D eigenvalue weighted by molar-refractivity contribution is -0.161. The highest BCUT2D eigenvalue weighted by Crippen LogP contribution is 2.29.